The van der Waals surface area contributed by atoms with Crippen molar-refractivity contribution in [2.24, 2.45) is 5.92 Å². The number of benzene rings is 1. The summed E-state index contributed by atoms with van der Waals surface area (Å²) in [4.78, 5) is 12.6. The van der Waals surface area contributed by atoms with E-state index in [2.05, 4.69) is 6.07 Å². The minimum absolute atomic E-state index is 0.0368. The summed E-state index contributed by atoms with van der Waals surface area (Å²) in [5.74, 6) is 1.90. The van der Waals surface area contributed by atoms with E-state index in [1.807, 2.05) is 6.07 Å². The van der Waals surface area contributed by atoms with E-state index < -0.39 is 6.10 Å². The molecule has 2 aliphatic carbocycles. The molecule has 1 aromatic carbocycles. The number of methoxy groups -OCH3 is 1. The highest BCUT2D eigenvalue weighted by atomic mass is 16.5. The average molecular weight is 315 g/mol. The number of ketones is 1. The van der Waals surface area contributed by atoms with Gasteiger partial charge in [-0.15, -0.1) is 0 Å². The van der Waals surface area contributed by atoms with Gasteiger partial charge in [-0.25, -0.2) is 0 Å². The number of Topliss-reactive ketones (excluding diaryl/α,β-unsaturated/α-hetero) is 1. The maximum Gasteiger partial charge on any atom is 0.174 e. The lowest BCUT2D eigenvalue weighted by Gasteiger charge is -2.62. The zero-order chi connectivity index (χ0) is 16.0. The Bertz CT molecular complexity index is 728. The fourth-order valence-corrected chi connectivity index (χ4v) is 5.83. The number of likely N-dealkylation sites (N-methyl/N-ethyl adjacent to an activating group) is 1. The first-order chi connectivity index (χ1) is 11.0. The van der Waals surface area contributed by atoms with Crippen LogP contribution in [0.15, 0.2) is 12.1 Å². The van der Waals surface area contributed by atoms with Gasteiger partial charge in [-0.3, -0.25) is 4.79 Å². The van der Waals surface area contributed by atoms with Crippen molar-refractivity contribution in [2.75, 3.05) is 20.7 Å². The van der Waals surface area contributed by atoms with Gasteiger partial charge in [-0.2, -0.15) is 0 Å². The lowest BCUT2D eigenvalue weighted by atomic mass is 9.51. The zero-order valence-corrected chi connectivity index (χ0v) is 13.5. The number of hydroxylamine groups is 3. The summed E-state index contributed by atoms with van der Waals surface area (Å²) in [6, 6.07) is 4.02. The van der Waals surface area contributed by atoms with Crippen LogP contribution in [0.1, 0.15) is 30.4 Å². The molecule has 23 heavy (non-hydrogen) atoms. The number of piperidine rings is 1. The number of nitrogens with zero attached hydrogens (tertiary/aromatic N) is 1. The Balaban J connectivity index is 1.81. The number of rotatable bonds is 1. The van der Waals surface area contributed by atoms with Crippen molar-refractivity contribution in [3.63, 3.8) is 0 Å². The number of carbonyl (C=O) groups is 1. The number of ether oxygens (including phenoxy) is 2. The molecule has 0 amide bonds. The molecule has 122 valence electrons. The van der Waals surface area contributed by atoms with Gasteiger partial charge in [0.15, 0.2) is 23.4 Å². The molecule has 5 rings (SSSR count). The Morgan fingerprint density at radius 3 is 3.04 bits per heavy atom. The Hall–Kier alpha value is -1.59. The molecule has 5 heteroatoms. The maximum absolute atomic E-state index is 13.0. The molecule has 2 aliphatic heterocycles. The van der Waals surface area contributed by atoms with E-state index in [-0.39, 0.29) is 27.8 Å². The van der Waals surface area contributed by atoms with Crippen molar-refractivity contribution in [3.8, 4) is 11.5 Å². The molecule has 2 bridgehead atoms. The largest absolute Gasteiger partial charge is 0.633 e. The number of hydrogen-bond donors (Lipinski definition) is 0. The number of hydrogen-bond acceptors (Lipinski definition) is 4. The first-order valence-electron chi connectivity index (χ1n) is 8.45. The van der Waals surface area contributed by atoms with E-state index in [1.165, 1.54) is 11.1 Å². The second kappa shape index (κ2) is 4.08. The number of quaternary nitrogens is 1. The average Bonchev–Trinajstić information content (AvgIpc) is 2.88. The van der Waals surface area contributed by atoms with Gasteiger partial charge in [0, 0.05) is 30.7 Å². The fraction of sp³-hybridized carbons (Fsp3) is 0.611. The highest BCUT2D eigenvalue weighted by Gasteiger charge is 2.68. The number of carbonyl (C=O) groups excluding carboxylic acids is 1. The van der Waals surface area contributed by atoms with E-state index in [0.29, 0.717) is 18.7 Å². The van der Waals surface area contributed by atoms with Gasteiger partial charge in [0.1, 0.15) is 0 Å². The standard InChI is InChI=1S/C18H21NO4/c1-19(21)8-7-18-11-4-5-13(20)17(18)23-16-14(22-2)6-3-10(15(16)18)9-12(11)19/h3,6,11-12,17H,4-5,7-9H2,1-2H3/t11-,12?,17-,18-,19-/m1/s1. The molecule has 2 fully saturated rings. The minimum Gasteiger partial charge on any atom is -0.633 e. The maximum atomic E-state index is 13.0. The lowest BCUT2D eigenvalue weighted by molar-refractivity contribution is -0.899. The van der Waals surface area contributed by atoms with Gasteiger partial charge in [-0.05, 0) is 18.1 Å². The zero-order valence-electron chi connectivity index (χ0n) is 13.5. The van der Waals surface area contributed by atoms with Crippen LogP contribution in [-0.4, -0.2) is 43.3 Å². The molecule has 1 saturated carbocycles. The Morgan fingerprint density at radius 1 is 1.43 bits per heavy atom. The molecule has 2 heterocycles. The summed E-state index contributed by atoms with van der Waals surface area (Å²) in [6.07, 6.45) is 2.43. The highest BCUT2D eigenvalue weighted by molar-refractivity contribution is 5.89. The normalized spacial score (nSPS) is 42.9. The first kappa shape index (κ1) is 13.8. The molecule has 1 saturated heterocycles. The van der Waals surface area contributed by atoms with Gasteiger partial charge in [0.05, 0.1) is 32.2 Å². The first-order valence-corrected chi connectivity index (χ1v) is 8.45. The van der Waals surface area contributed by atoms with Crippen LogP contribution >= 0.6 is 0 Å². The summed E-state index contributed by atoms with van der Waals surface area (Å²) in [5.41, 5.74) is 2.06. The second-order valence-corrected chi connectivity index (χ2v) is 7.70. The third kappa shape index (κ3) is 1.44. The highest BCUT2D eigenvalue weighted by Crippen LogP contribution is 2.63. The van der Waals surface area contributed by atoms with Crippen molar-refractivity contribution >= 4 is 5.78 Å². The molecule has 1 unspecified atom stereocenters. The lowest BCUT2D eigenvalue weighted by Crippen LogP contribution is -2.70. The third-order valence-corrected chi connectivity index (χ3v) is 6.82. The summed E-state index contributed by atoms with van der Waals surface area (Å²) >= 11 is 0. The molecule has 0 aromatic heterocycles. The Kier molecular flexibility index (Phi) is 2.45. The Labute approximate surface area is 135 Å². The van der Waals surface area contributed by atoms with E-state index in [0.717, 1.165) is 25.0 Å². The van der Waals surface area contributed by atoms with Crippen LogP contribution in [0.2, 0.25) is 0 Å². The van der Waals surface area contributed by atoms with Crippen LogP contribution in [0.5, 0.6) is 11.5 Å². The molecule has 0 N–H and O–H groups in total. The van der Waals surface area contributed by atoms with Gasteiger partial charge in [-0.1, -0.05) is 6.07 Å². The van der Waals surface area contributed by atoms with Crippen molar-refractivity contribution in [3.05, 3.63) is 28.5 Å². The van der Waals surface area contributed by atoms with E-state index in [9.17, 15) is 10.0 Å². The van der Waals surface area contributed by atoms with Crippen LogP contribution in [0, 0.1) is 11.1 Å². The molecular formula is C18H21NO4. The summed E-state index contributed by atoms with van der Waals surface area (Å²) in [6.45, 7) is 0.560. The molecule has 4 aliphatic rings. The predicted molar refractivity (Wildman–Crippen MR) is 83.3 cm³/mol. The second-order valence-electron chi connectivity index (χ2n) is 7.70. The van der Waals surface area contributed by atoms with E-state index >= 15 is 0 Å². The third-order valence-electron chi connectivity index (χ3n) is 6.82. The molecule has 1 spiro atoms. The molecule has 0 radical (unpaired) electrons. The molecule has 1 aromatic rings. The van der Waals surface area contributed by atoms with Crippen molar-refractivity contribution in [1.82, 2.24) is 0 Å². The summed E-state index contributed by atoms with van der Waals surface area (Å²) in [5, 5.41) is 13.0. The van der Waals surface area contributed by atoms with Gasteiger partial charge < -0.3 is 19.3 Å². The van der Waals surface area contributed by atoms with Crippen LogP contribution in [-0.2, 0) is 16.6 Å². The van der Waals surface area contributed by atoms with Gasteiger partial charge >= 0.3 is 0 Å². The van der Waals surface area contributed by atoms with Crippen molar-refractivity contribution in [1.29, 1.82) is 0 Å². The van der Waals surface area contributed by atoms with Crippen molar-refractivity contribution < 1.29 is 18.9 Å². The smallest absolute Gasteiger partial charge is 0.174 e. The van der Waals surface area contributed by atoms with Gasteiger partial charge in [0.2, 0.25) is 0 Å². The fourth-order valence-electron chi connectivity index (χ4n) is 5.83. The predicted octanol–water partition coefficient (Wildman–Crippen LogP) is 1.95. The van der Waals surface area contributed by atoms with Crippen LogP contribution in [0.3, 0.4) is 0 Å². The summed E-state index contributed by atoms with van der Waals surface area (Å²) < 4.78 is 11.5. The van der Waals surface area contributed by atoms with Crippen molar-refractivity contribution in [2.45, 2.75) is 43.2 Å². The number of likely N-dealkylation sites (tertiary alicyclic amines) is 1. The Morgan fingerprint density at radius 2 is 2.26 bits per heavy atom. The molecule has 5 nitrogen and oxygen atoms in total. The van der Waals surface area contributed by atoms with Gasteiger partial charge in [0.25, 0.3) is 0 Å². The molecular weight excluding hydrogens is 294 g/mol. The summed E-state index contributed by atoms with van der Waals surface area (Å²) in [7, 11) is 3.44. The topological polar surface area (TPSA) is 58.6 Å². The van der Waals surface area contributed by atoms with E-state index in [4.69, 9.17) is 9.47 Å². The monoisotopic (exact) mass is 315 g/mol. The van der Waals surface area contributed by atoms with Crippen LogP contribution < -0.4 is 9.47 Å². The quantitative estimate of drug-likeness (QED) is 0.587. The minimum atomic E-state index is -0.422. The SMILES string of the molecule is COc1ccc2c3c1O[C@@H]1C(=O)CC[C@@H]4C(C2)[N@+](C)([O-])CC[C@@]314. The molecule has 5 atom stereocenters. The van der Waals surface area contributed by atoms with Crippen LogP contribution in [0.25, 0.3) is 0 Å². The van der Waals surface area contributed by atoms with E-state index in [1.54, 1.807) is 14.2 Å². The van der Waals surface area contributed by atoms with Crippen LogP contribution in [0.4, 0.5) is 0 Å².